The van der Waals surface area contributed by atoms with E-state index in [-0.39, 0.29) is 37.2 Å². The number of hydrogen-bond donors (Lipinski definition) is 3. The van der Waals surface area contributed by atoms with E-state index < -0.39 is 26.2 Å². The molecule has 0 spiro atoms. The van der Waals surface area contributed by atoms with Crippen LogP contribution >= 0.6 is 0 Å². The van der Waals surface area contributed by atoms with Crippen LogP contribution in [0, 0.1) is 12.8 Å². The van der Waals surface area contributed by atoms with E-state index in [2.05, 4.69) is 10.3 Å². The van der Waals surface area contributed by atoms with Crippen LogP contribution in [0.1, 0.15) is 24.3 Å². The fourth-order valence-corrected chi connectivity index (χ4v) is 4.79. The molecule has 1 fully saturated rings. The van der Waals surface area contributed by atoms with Crippen LogP contribution in [0.4, 0.5) is 0 Å². The van der Waals surface area contributed by atoms with Gasteiger partial charge < -0.3 is 14.7 Å². The Hall–Kier alpha value is -2.66. The van der Waals surface area contributed by atoms with Gasteiger partial charge in [0.15, 0.2) is 4.90 Å². The van der Waals surface area contributed by atoms with E-state index in [0.717, 1.165) is 0 Å². The maximum Gasteiger partial charge on any atom is 0.325 e. The van der Waals surface area contributed by atoms with Crippen LogP contribution in [0.5, 0.6) is 0 Å². The van der Waals surface area contributed by atoms with Crippen molar-refractivity contribution in [3.05, 3.63) is 50.7 Å². The molecule has 2 aromatic rings. The number of piperidine rings is 1. The van der Waals surface area contributed by atoms with Crippen molar-refractivity contribution in [1.29, 1.82) is 0 Å². The lowest BCUT2D eigenvalue weighted by molar-refractivity contribution is -0.126. The number of carbonyl (C=O) groups is 1. The summed E-state index contributed by atoms with van der Waals surface area (Å²) in [5.74, 6) is 0.152. The maximum absolute atomic E-state index is 12.8. The van der Waals surface area contributed by atoms with Crippen molar-refractivity contribution in [3.8, 4) is 0 Å². The van der Waals surface area contributed by atoms with Gasteiger partial charge in [0.05, 0.1) is 12.8 Å². The second-order valence-electron chi connectivity index (χ2n) is 6.34. The average molecular weight is 396 g/mol. The molecule has 1 saturated heterocycles. The standard InChI is InChI=1S/C16H20N4O6S/c1-10-13(15(22)19-16(23)18-10)27(24,25)20-6-4-11(5-7-20)14(21)17-9-12-3-2-8-26-12/h2-3,8,11H,4-7,9H2,1H3,(H,17,21)(H2,18,19,22,23). The largest absolute Gasteiger partial charge is 0.467 e. The van der Waals surface area contributed by atoms with Crippen LogP contribution in [-0.4, -0.2) is 41.7 Å². The summed E-state index contributed by atoms with van der Waals surface area (Å²) in [5, 5.41) is 2.77. The predicted molar refractivity (Wildman–Crippen MR) is 94.5 cm³/mol. The quantitative estimate of drug-likeness (QED) is 0.632. The fourth-order valence-electron chi connectivity index (χ4n) is 3.12. The molecule has 3 heterocycles. The number of nitrogens with zero attached hydrogens (tertiary/aromatic N) is 1. The van der Waals surface area contributed by atoms with E-state index in [1.807, 2.05) is 4.98 Å². The van der Waals surface area contributed by atoms with Gasteiger partial charge in [-0.05, 0) is 31.9 Å². The van der Waals surface area contributed by atoms with Gasteiger partial charge in [-0.15, -0.1) is 0 Å². The Kier molecular flexibility index (Phi) is 5.33. The van der Waals surface area contributed by atoms with Crippen molar-refractivity contribution < 1.29 is 17.6 Å². The van der Waals surface area contributed by atoms with Crippen molar-refractivity contribution in [2.75, 3.05) is 13.1 Å². The Morgan fingerprint density at radius 3 is 2.59 bits per heavy atom. The summed E-state index contributed by atoms with van der Waals surface area (Å²) >= 11 is 0. The SMILES string of the molecule is Cc1[nH]c(=O)[nH]c(=O)c1S(=O)(=O)N1CCC(C(=O)NCc2ccco2)CC1. The lowest BCUT2D eigenvalue weighted by atomic mass is 9.97. The van der Waals surface area contributed by atoms with Crippen molar-refractivity contribution in [2.24, 2.45) is 5.92 Å². The highest BCUT2D eigenvalue weighted by Crippen LogP contribution is 2.23. The molecule has 146 valence electrons. The van der Waals surface area contributed by atoms with E-state index in [0.29, 0.717) is 18.6 Å². The molecule has 3 N–H and O–H groups in total. The molecule has 3 rings (SSSR count). The monoisotopic (exact) mass is 396 g/mol. The minimum atomic E-state index is -4.06. The van der Waals surface area contributed by atoms with Crippen molar-refractivity contribution in [2.45, 2.75) is 31.2 Å². The van der Waals surface area contributed by atoms with Crippen LogP contribution in [-0.2, 0) is 21.4 Å². The number of aromatic amines is 2. The number of H-pyrrole nitrogens is 2. The molecule has 10 nitrogen and oxygen atoms in total. The van der Waals surface area contributed by atoms with Gasteiger partial charge in [0, 0.05) is 24.7 Å². The van der Waals surface area contributed by atoms with E-state index >= 15 is 0 Å². The highest BCUT2D eigenvalue weighted by atomic mass is 32.2. The molecule has 0 atom stereocenters. The third-order valence-corrected chi connectivity index (χ3v) is 6.57. The fraction of sp³-hybridized carbons (Fsp3) is 0.438. The van der Waals surface area contributed by atoms with Gasteiger partial charge in [0.1, 0.15) is 5.76 Å². The number of amides is 1. The van der Waals surface area contributed by atoms with Gasteiger partial charge in [-0.25, -0.2) is 13.2 Å². The zero-order chi connectivity index (χ0) is 19.6. The first kappa shape index (κ1) is 19.1. The predicted octanol–water partition coefficient (Wildman–Crippen LogP) is -0.318. The summed E-state index contributed by atoms with van der Waals surface area (Å²) in [6, 6.07) is 3.48. The van der Waals surface area contributed by atoms with E-state index in [1.165, 1.54) is 17.5 Å². The topological polar surface area (TPSA) is 145 Å². The van der Waals surface area contributed by atoms with Gasteiger partial charge in [-0.1, -0.05) is 0 Å². The zero-order valence-corrected chi connectivity index (χ0v) is 15.5. The maximum atomic E-state index is 12.8. The molecular weight excluding hydrogens is 376 g/mol. The molecule has 0 saturated carbocycles. The minimum Gasteiger partial charge on any atom is -0.467 e. The molecule has 1 aliphatic heterocycles. The van der Waals surface area contributed by atoms with Crippen LogP contribution in [0.15, 0.2) is 37.3 Å². The van der Waals surface area contributed by atoms with Crippen LogP contribution in [0.3, 0.4) is 0 Å². The lowest BCUT2D eigenvalue weighted by Crippen LogP contribution is -2.44. The molecule has 0 aromatic carbocycles. The highest BCUT2D eigenvalue weighted by Gasteiger charge is 2.34. The Balaban J connectivity index is 1.65. The minimum absolute atomic E-state index is 0.0120. The molecule has 1 aliphatic rings. The second kappa shape index (κ2) is 7.53. The second-order valence-corrected chi connectivity index (χ2v) is 8.21. The van der Waals surface area contributed by atoms with E-state index in [1.54, 1.807) is 12.1 Å². The van der Waals surface area contributed by atoms with Crippen molar-refractivity contribution in [1.82, 2.24) is 19.6 Å². The van der Waals surface area contributed by atoms with Crippen molar-refractivity contribution in [3.63, 3.8) is 0 Å². The number of furan rings is 1. The first-order chi connectivity index (χ1) is 12.8. The Bertz CT molecular complexity index is 1030. The average Bonchev–Trinajstić information content (AvgIpc) is 3.12. The number of aromatic nitrogens is 2. The summed E-state index contributed by atoms with van der Waals surface area (Å²) in [6.45, 7) is 1.85. The molecule has 1 amide bonds. The molecule has 0 aliphatic carbocycles. The first-order valence-electron chi connectivity index (χ1n) is 8.42. The molecular formula is C16H20N4O6S. The Labute approximate surface area is 154 Å². The zero-order valence-electron chi connectivity index (χ0n) is 14.6. The summed E-state index contributed by atoms with van der Waals surface area (Å²) in [6.07, 6.45) is 2.19. The first-order valence-corrected chi connectivity index (χ1v) is 9.86. The summed E-state index contributed by atoms with van der Waals surface area (Å²) in [7, 11) is -4.06. The third kappa shape index (κ3) is 4.03. The number of sulfonamides is 1. The molecule has 0 radical (unpaired) electrons. The summed E-state index contributed by atoms with van der Waals surface area (Å²) in [5.41, 5.74) is -1.72. The Morgan fingerprint density at radius 2 is 2.00 bits per heavy atom. The molecule has 2 aromatic heterocycles. The van der Waals surface area contributed by atoms with Gasteiger partial charge in [-0.3, -0.25) is 14.6 Å². The number of nitrogens with one attached hydrogen (secondary N) is 3. The molecule has 0 bridgehead atoms. The van der Waals surface area contributed by atoms with Crippen LogP contribution in [0.25, 0.3) is 0 Å². The highest BCUT2D eigenvalue weighted by molar-refractivity contribution is 7.89. The normalized spacial score (nSPS) is 16.3. The number of rotatable bonds is 5. The van der Waals surface area contributed by atoms with Crippen LogP contribution in [0.2, 0.25) is 0 Å². The van der Waals surface area contributed by atoms with Gasteiger partial charge >= 0.3 is 5.69 Å². The van der Waals surface area contributed by atoms with Crippen molar-refractivity contribution >= 4 is 15.9 Å². The summed E-state index contributed by atoms with van der Waals surface area (Å²) in [4.78, 5) is 39.2. The van der Waals surface area contributed by atoms with Gasteiger partial charge in [0.2, 0.25) is 15.9 Å². The lowest BCUT2D eigenvalue weighted by Gasteiger charge is -2.30. The Morgan fingerprint density at radius 1 is 1.30 bits per heavy atom. The van der Waals surface area contributed by atoms with Gasteiger partial charge in [-0.2, -0.15) is 4.31 Å². The van der Waals surface area contributed by atoms with E-state index in [9.17, 15) is 22.8 Å². The molecule has 27 heavy (non-hydrogen) atoms. The number of hydrogen-bond acceptors (Lipinski definition) is 6. The smallest absolute Gasteiger partial charge is 0.325 e. The van der Waals surface area contributed by atoms with Crippen LogP contribution < -0.4 is 16.6 Å². The third-order valence-electron chi connectivity index (χ3n) is 4.51. The van der Waals surface area contributed by atoms with E-state index in [4.69, 9.17) is 4.42 Å². The summed E-state index contributed by atoms with van der Waals surface area (Å²) < 4.78 is 31.9. The molecule has 0 unspecified atom stereocenters. The van der Waals surface area contributed by atoms with Gasteiger partial charge in [0.25, 0.3) is 5.56 Å². The number of carbonyl (C=O) groups excluding carboxylic acids is 1. The molecule has 11 heteroatoms. The number of aryl methyl sites for hydroxylation is 1.